The van der Waals surface area contributed by atoms with Crippen molar-refractivity contribution in [2.24, 2.45) is 0 Å². The summed E-state index contributed by atoms with van der Waals surface area (Å²) in [6, 6.07) is 7.12. The van der Waals surface area contributed by atoms with Gasteiger partial charge in [0.05, 0.1) is 19.9 Å². The number of nitrogens with zero attached hydrogens (tertiary/aromatic N) is 4. The molecule has 156 valence electrons. The highest BCUT2D eigenvalue weighted by Gasteiger charge is 2.23. The zero-order valence-electron chi connectivity index (χ0n) is 17.4. The van der Waals surface area contributed by atoms with Gasteiger partial charge in [0.15, 0.2) is 0 Å². The molecule has 3 rings (SSSR count). The van der Waals surface area contributed by atoms with Crippen molar-refractivity contribution in [1.29, 1.82) is 0 Å². The minimum Gasteiger partial charge on any atom is -0.497 e. The molecule has 1 aromatic heterocycles. The van der Waals surface area contributed by atoms with Gasteiger partial charge in [0.1, 0.15) is 17.3 Å². The van der Waals surface area contributed by atoms with Crippen LogP contribution in [0.1, 0.15) is 12.6 Å². The number of piperazine rings is 1. The lowest BCUT2D eigenvalue weighted by atomic mass is 10.2. The number of urea groups is 1. The van der Waals surface area contributed by atoms with E-state index in [4.69, 9.17) is 9.47 Å². The molecule has 0 unspecified atom stereocenters. The third-order valence-corrected chi connectivity index (χ3v) is 4.71. The van der Waals surface area contributed by atoms with Crippen LogP contribution in [0.3, 0.4) is 0 Å². The predicted octanol–water partition coefficient (Wildman–Crippen LogP) is 2.59. The summed E-state index contributed by atoms with van der Waals surface area (Å²) in [5, 5.41) is 6.08. The molecule has 1 aromatic carbocycles. The van der Waals surface area contributed by atoms with E-state index in [2.05, 4.69) is 25.5 Å². The normalized spacial score (nSPS) is 13.8. The number of amides is 2. The summed E-state index contributed by atoms with van der Waals surface area (Å²) < 4.78 is 10.6. The molecule has 1 fully saturated rings. The number of methoxy groups -OCH3 is 2. The van der Waals surface area contributed by atoms with E-state index in [1.54, 1.807) is 37.3 Å². The number of ether oxygens (including phenoxy) is 2. The Kier molecular flexibility index (Phi) is 6.58. The van der Waals surface area contributed by atoms with Crippen molar-refractivity contribution < 1.29 is 14.3 Å². The van der Waals surface area contributed by atoms with E-state index in [-0.39, 0.29) is 6.03 Å². The van der Waals surface area contributed by atoms with Crippen LogP contribution in [0.5, 0.6) is 11.5 Å². The molecule has 0 saturated carbocycles. The van der Waals surface area contributed by atoms with Gasteiger partial charge in [0.25, 0.3) is 0 Å². The van der Waals surface area contributed by atoms with Gasteiger partial charge in [-0.05, 0) is 26.0 Å². The predicted molar refractivity (Wildman–Crippen MR) is 113 cm³/mol. The first-order valence-corrected chi connectivity index (χ1v) is 9.66. The fourth-order valence-electron chi connectivity index (χ4n) is 3.20. The number of hydrogen-bond acceptors (Lipinski definition) is 7. The van der Waals surface area contributed by atoms with E-state index < -0.39 is 0 Å². The maximum absolute atomic E-state index is 12.7. The summed E-state index contributed by atoms with van der Waals surface area (Å²) in [7, 11) is 3.16. The molecule has 2 heterocycles. The monoisotopic (exact) mass is 400 g/mol. The number of carbonyl (C=O) groups is 1. The van der Waals surface area contributed by atoms with Gasteiger partial charge in [0.2, 0.25) is 5.95 Å². The Morgan fingerprint density at radius 1 is 1.10 bits per heavy atom. The molecule has 1 aliphatic rings. The molecule has 2 aromatic rings. The average molecular weight is 400 g/mol. The van der Waals surface area contributed by atoms with Crippen LogP contribution in [0.4, 0.5) is 22.2 Å². The first-order valence-electron chi connectivity index (χ1n) is 9.66. The Morgan fingerprint density at radius 3 is 2.52 bits per heavy atom. The summed E-state index contributed by atoms with van der Waals surface area (Å²) in [5.74, 6) is 2.75. The third-order valence-electron chi connectivity index (χ3n) is 4.71. The smallest absolute Gasteiger partial charge is 0.322 e. The molecule has 1 saturated heterocycles. The fraction of sp³-hybridized carbons (Fsp3) is 0.450. The summed E-state index contributed by atoms with van der Waals surface area (Å²) in [6.45, 7) is 7.33. The molecule has 2 N–H and O–H groups in total. The SMILES string of the molecule is CCNc1nc(C)cc(N2CCN(C(=O)Nc3cc(OC)ccc3OC)CC2)n1. The fourth-order valence-corrected chi connectivity index (χ4v) is 3.20. The number of anilines is 3. The quantitative estimate of drug-likeness (QED) is 0.770. The number of benzene rings is 1. The number of carbonyl (C=O) groups excluding carboxylic acids is 1. The molecular weight excluding hydrogens is 372 g/mol. The highest BCUT2D eigenvalue weighted by atomic mass is 16.5. The van der Waals surface area contributed by atoms with Crippen molar-refractivity contribution in [1.82, 2.24) is 14.9 Å². The van der Waals surface area contributed by atoms with E-state index in [0.29, 0.717) is 49.3 Å². The van der Waals surface area contributed by atoms with E-state index >= 15 is 0 Å². The van der Waals surface area contributed by atoms with E-state index in [1.165, 1.54) is 0 Å². The molecular formula is C20H28N6O3. The number of aryl methyl sites for hydroxylation is 1. The summed E-state index contributed by atoms with van der Waals surface area (Å²) in [6.07, 6.45) is 0. The highest BCUT2D eigenvalue weighted by Crippen LogP contribution is 2.29. The van der Waals surface area contributed by atoms with Crippen LogP contribution in [0.2, 0.25) is 0 Å². The molecule has 0 atom stereocenters. The van der Waals surface area contributed by atoms with E-state index in [9.17, 15) is 4.79 Å². The minimum absolute atomic E-state index is 0.164. The van der Waals surface area contributed by atoms with Gasteiger partial charge < -0.3 is 29.9 Å². The Labute approximate surface area is 171 Å². The van der Waals surface area contributed by atoms with E-state index in [0.717, 1.165) is 18.1 Å². The van der Waals surface area contributed by atoms with Crippen molar-refractivity contribution in [2.75, 3.05) is 62.5 Å². The Bertz CT molecular complexity index is 852. The largest absolute Gasteiger partial charge is 0.497 e. The average Bonchev–Trinajstić information content (AvgIpc) is 2.73. The van der Waals surface area contributed by atoms with Crippen LogP contribution >= 0.6 is 0 Å². The Balaban J connectivity index is 1.63. The number of hydrogen-bond donors (Lipinski definition) is 2. The van der Waals surface area contributed by atoms with Gasteiger partial charge >= 0.3 is 6.03 Å². The zero-order chi connectivity index (χ0) is 20.8. The maximum Gasteiger partial charge on any atom is 0.322 e. The molecule has 1 aliphatic heterocycles. The summed E-state index contributed by atoms with van der Waals surface area (Å²) in [5.41, 5.74) is 1.50. The highest BCUT2D eigenvalue weighted by molar-refractivity contribution is 5.91. The molecule has 2 amide bonds. The lowest BCUT2D eigenvalue weighted by molar-refractivity contribution is 0.208. The van der Waals surface area contributed by atoms with Gasteiger partial charge in [0, 0.05) is 50.6 Å². The van der Waals surface area contributed by atoms with Crippen LogP contribution in [0.15, 0.2) is 24.3 Å². The molecule has 29 heavy (non-hydrogen) atoms. The Morgan fingerprint density at radius 2 is 1.86 bits per heavy atom. The van der Waals surface area contributed by atoms with Crippen molar-refractivity contribution in [3.05, 3.63) is 30.0 Å². The van der Waals surface area contributed by atoms with E-state index in [1.807, 2.05) is 19.9 Å². The van der Waals surface area contributed by atoms with Crippen LogP contribution in [-0.2, 0) is 0 Å². The first-order chi connectivity index (χ1) is 14.0. The van der Waals surface area contributed by atoms with Crippen LogP contribution in [-0.4, -0.2) is 67.8 Å². The van der Waals surface area contributed by atoms with Gasteiger partial charge in [-0.3, -0.25) is 0 Å². The van der Waals surface area contributed by atoms with Gasteiger partial charge in [-0.25, -0.2) is 9.78 Å². The van der Waals surface area contributed by atoms with Crippen LogP contribution in [0.25, 0.3) is 0 Å². The standard InChI is InChI=1S/C20H28N6O3/c1-5-21-19-22-14(2)12-18(24-19)25-8-10-26(11-9-25)20(27)23-16-13-15(28-3)6-7-17(16)29-4/h6-7,12-13H,5,8-11H2,1-4H3,(H,23,27)(H,21,22,24). The number of rotatable bonds is 6. The van der Waals surface area contributed by atoms with Crippen molar-refractivity contribution in [2.45, 2.75) is 13.8 Å². The Hall–Kier alpha value is -3.23. The lowest BCUT2D eigenvalue weighted by Gasteiger charge is -2.35. The second-order valence-electron chi connectivity index (χ2n) is 6.69. The number of aromatic nitrogens is 2. The molecule has 0 spiro atoms. The maximum atomic E-state index is 12.7. The molecule has 9 heteroatoms. The summed E-state index contributed by atoms with van der Waals surface area (Å²) >= 11 is 0. The summed E-state index contributed by atoms with van der Waals surface area (Å²) in [4.78, 5) is 25.7. The molecule has 0 bridgehead atoms. The van der Waals surface area contributed by atoms with Gasteiger partial charge in [-0.15, -0.1) is 0 Å². The van der Waals surface area contributed by atoms with Gasteiger partial charge in [-0.1, -0.05) is 0 Å². The topological polar surface area (TPSA) is 91.9 Å². The lowest BCUT2D eigenvalue weighted by Crippen LogP contribution is -2.50. The second-order valence-corrected chi connectivity index (χ2v) is 6.69. The van der Waals surface area contributed by atoms with Crippen LogP contribution < -0.4 is 25.0 Å². The van der Waals surface area contributed by atoms with Gasteiger partial charge in [-0.2, -0.15) is 4.98 Å². The first kappa shape index (κ1) is 20.5. The van der Waals surface area contributed by atoms with Crippen molar-refractivity contribution in [3.63, 3.8) is 0 Å². The van der Waals surface area contributed by atoms with Crippen molar-refractivity contribution in [3.8, 4) is 11.5 Å². The second kappa shape index (κ2) is 9.31. The number of nitrogens with one attached hydrogen (secondary N) is 2. The molecule has 0 aliphatic carbocycles. The molecule has 0 radical (unpaired) electrons. The molecule has 9 nitrogen and oxygen atoms in total. The third kappa shape index (κ3) is 4.98. The van der Waals surface area contributed by atoms with Crippen LogP contribution in [0, 0.1) is 6.92 Å². The van der Waals surface area contributed by atoms with Crippen molar-refractivity contribution >= 4 is 23.5 Å². The minimum atomic E-state index is -0.164. The zero-order valence-corrected chi connectivity index (χ0v) is 17.4.